The molecule has 5 rings (SSSR count). The van der Waals surface area contributed by atoms with Gasteiger partial charge in [0.25, 0.3) is 5.91 Å². The van der Waals surface area contributed by atoms with Crippen LogP contribution in [0.15, 0.2) is 24.4 Å². The molecule has 0 saturated heterocycles. The quantitative estimate of drug-likeness (QED) is 0.342. The zero-order valence-electron chi connectivity index (χ0n) is 18.0. The monoisotopic (exact) mass is 455 g/mol. The summed E-state index contributed by atoms with van der Waals surface area (Å²) in [7, 11) is -3.77. The number of aryl methyl sites for hydroxylation is 1. The first-order valence-electron chi connectivity index (χ1n) is 10.3. The first kappa shape index (κ1) is 22.3. The molecule has 1 aromatic carbocycles. The predicted octanol–water partition coefficient (Wildman–Crippen LogP) is 1.25. The Morgan fingerprint density at radius 1 is 1.31 bits per heavy atom. The molecule has 1 heterocycles. The number of hydroxylamine groups is 1. The van der Waals surface area contributed by atoms with E-state index in [2.05, 4.69) is 28.8 Å². The van der Waals surface area contributed by atoms with E-state index in [4.69, 9.17) is 5.21 Å². The molecule has 1 aromatic heterocycles. The summed E-state index contributed by atoms with van der Waals surface area (Å²) in [4.78, 5) is 12.0. The summed E-state index contributed by atoms with van der Waals surface area (Å²) in [6.07, 6.45) is 5.48. The largest absolute Gasteiger partial charge is 0.396 e. The Balaban J connectivity index is 1.46. The molecular formula is C23H25N3O5S. The maximum atomic E-state index is 12.1. The van der Waals surface area contributed by atoms with Gasteiger partial charge >= 0.3 is 0 Å². The molecule has 8 nitrogen and oxygen atoms in total. The molecule has 2 aromatic rings. The summed E-state index contributed by atoms with van der Waals surface area (Å²) in [5.74, 6) is 11.1. The second-order valence-electron chi connectivity index (χ2n) is 9.30. The number of sulfone groups is 1. The van der Waals surface area contributed by atoms with Gasteiger partial charge in [0.2, 0.25) is 0 Å². The van der Waals surface area contributed by atoms with Crippen LogP contribution in [0.5, 0.6) is 0 Å². The fourth-order valence-corrected chi connectivity index (χ4v) is 5.66. The maximum absolute atomic E-state index is 12.1. The van der Waals surface area contributed by atoms with Gasteiger partial charge in [0, 0.05) is 35.8 Å². The Labute approximate surface area is 186 Å². The van der Waals surface area contributed by atoms with E-state index in [-0.39, 0.29) is 30.4 Å². The van der Waals surface area contributed by atoms with Gasteiger partial charge in [-0.2, -0.15) is 5.10 Å². The third-order valence-corrected chi connectivity index (χ3v) is 8.94. The van der Waals surface area contributed by atoms with E-state index in [1.165, 1.54) is 12.4 Å². The molecular weight excluding hydrogens is 430 g/mol. The number of carbonyl (C=O) groups is 1. The third kappa shape index (κ3) is 3.67. The fourth-order valence-electron chi connectivity index (χ4n) is 4.81. The second kappa shape index (κ2) is 7.63. The fraction of sp³-hybridized carbons (Fsp3) is 0.478. The number of fused-ring (bicyclic) bond motifs is 1. The Morgan fingerprint density at radius 3 is 2.66 bits per heavy atom. The van der Waals surface area contributed by atoms with Crippen LogP contribution in [0.2, 0.25) is 0 Å². The molecule has 168 valence electrons. The minimum atomic E-state index is -3.77. The zero-order chi connectivity index (χ0) is 23.2. The molecule has 0 unspecified atom stereocenters. The number of nitrogens with zero attached hydrogens (tertiary/aromatic N) is 2. The van der Waals surface area contributed by atoms with Crippen molar-refractivity contribution >= 4 is 26.6 Å². The van der Waals surface area contributed by atoms with Crippen molar-refractivity contribution in [3.63, 3.8) is 0 Å². The van der Waals surface area contributed by atoms with Gasteiger partial charge in [-0.3, -0.25) is 14.7 Å². The maximum Gasteiger partial charge on any atom is 0.264 e. The van der Waals surface area contributed by atoms with Crippen LogP contribution in [0, 0.1) is 34.5 Å². The van der Waals surface area contributed by atoms with Crippen molar-refractivity contribution in [2.75, 3.05) is 12.9 Å². The number of aromatic nitrogens is 2. The summed E-state index contributed by atoms with van der Waals surface area (Å²) in [5, 5.41) is 23.4. The number of hydrogen-bond acceptors (Lipinski definition) is 6. The average molecular weight is 456 g/mol. The van der Waals surface area contributed by atoms with Gasteiger partial charge in [-0.25, -0.2) is 13.9 Å². The summed E-state index contributed by atoms with van der Waals surface area (Å²) in [6.45, 7) is 1.71. The molecule has 3 aliphatic carbocycles. The lowest BCUT2D eigenvalue weighted by molar-refractivity contribution is -0.185. The van der Waals surface area contributed by atoms with Gasteiger partial charge in [0.05, 0.1) is 11.7 Å². The number of hydrogen-bond donors (Lipinski definition) is 3. The van der Waals surface area contributed by atoms with Gasteiger partial charge in [0.1, 0.15) is 0 Å². The van der Waals surface area contributed by atoms with E-state index in [1.807, 2.05) is 18.2 Å². The molecule has 1 amide bonds. The Morgan fingerprint density at radius 2 is 2.03 bits per heavy atom. The van der Waals surface area contributed by atoms with Crippen molar-refractivity contribution in [3.8, 4) is 23.7 Å². The van der Waals surface area contributed by atoms with Gasteiger partial charge in [-0.1, -0.05) is 11.8 Å². The first-order chi connectivity index (χ1) is 15.1. The van der Waals surface area contributed by atoms with Crippen molar-refractivity contribution in [2.45, 2.75) is 43.9 Å². The standard InChI is InChI=1S/C23H25N3O5S/c1-21(20(28)25-29,32(2,30)31)9-10-26-19-7-6-17(11-18(19)12-24-26)5-3-4-8-22-13-23(14-22,15-22)16-27/h6-7,11-12,27,29H,9-10,13-16H2,1-2H3,(H,25,28)/t21-,22?,23?/m1/s1. The summed E-state index contributed by atoms with van der Waals surface area (Å²) in [5.41, 5.74) is 3.22. The highest BCUT2D eigenvalue weighted by molar-refractivity contribution is 7.92. The molecule has 3 saturated carbocycles. The number of aliphatic hydroxyl groups excluding tert-OH is 1. The summed E-state index contributed by atoms with van der Waals surface area (Å²) >= 11 is 0. The number of amides is 1. The van der Waals surface area contributed by atoms with E-state index in [0.717, 1.165) is 42.0 Å². The summed E-state index contributed by atoms with van der Waals surface area (Å²) in [6, 6.07) is 5.56. The summed E-state index contributed by atoms with van der Waals surface area (Å²) < 4.78 is 24.1. The van der Waals surface area contributed by atoms with Crippen LogP contribution in [0.25, 0.3) is 10.9 Å². The molecule has 3 aliphatic rings. The second-order valence-corrected chi connectivity index (χ2v) is 11.7. The van der Waals surface area contributed by atoms with Crippen molar-refractivity contribution in [1.82, 2.24) is 15.3 Å². The minimum absolute atomic E-state index is 0.0501. The van der Waals surface area contributed by atoms with Crippen LogP contribution in [0.4, 0.5) is 0 Å². The van der Waals surface area contributed by atoms with Gasteiger partial charge in [-0.05, 0) is 68.1 Å². The Hall–Kier alpha value is -2.85. The highest BCUT2D eigenvalue weighted by Gasteiger charge is 2.66. The number of benzene rings is 1. The van der Waals surface area contributed by atoms with Crippen molar-refractivity contribution < 1.29 is 23.5 Å². The molecule has 32 heavy (non-hydrogen) atoms. The van der Waals surface area contributed by atoms with Crippen molar-refractivity contribution in [3.05, 3.63) is 30.0 Å². The lowest BCUT2D eigenvalue weighted by Gasteiger charge is -2.67. The van der Waals surface area contributed by atoms with Gasteiger partial charge in [0.15, 0.2) is 14.6 Å². The Bertz CT molecular complexity index is 1300. The smallest absolute Gasteiger partial charge is 0.264 e. The molecule has 0 aliphatic heterocycles. The molecule has 2 bridgehead atoms. The van der Waals surface area contributed by atoms with E-state index in [1.54, 1.807) is 10.9 Å². The first-order valence-corrected chi connectivity index (χ1v) is 12.2. The predicted molar refractivity (Wildman–Crippen MR) is 118 cm³/mol. The number of aliphatic hydroxyl groups is 1. The van der Waals surface area contributed by atoms with Crippen LogP contribution in [0.1, 0.15) is 38.2 Å². The minimum Gasteiger partial charge on any atom is -0.396 e. The molecule has 3 N–H and O–H groups in total. The Kier molecular flexibility index (Phi) is 5.33. The zero-order valence-corrected chi connectivity index (χ0v) is 18.8. The van der Waals surface area contributed by atoms with E-state index in [0.29, 0.717) is 0 Å². The van der Waals surface area contributed by atoms with Crippen LogP contribution in [-0.4, -0.2) is 52.0 Å². The molecule has 1 atom stereocenters. The lowest BCUT2D eigenvalue weighted by Crippen LogP contribution is -2.62. The molecule has 3 fully saturated rings. The lowest BCUT2D eigenvalue weighted by atomic mass is 9.36. The van der Waals surface area contributed by atoms with Gasteiger partial charge in [-0.15, -0.1) is 0 Å². The van der Waals surface area contributed by atoms with Crippen LogP contribution in [0.3, 0.4) is 0 Å². The normalized spacial score (nSPS) is 25.2. The SMILES string of the molecule is C[C@@](CCn1ncc2cc(C#CC#CC34CC(CO)(C3)C4)ccc21)(C(=O)NO)S(C)(=O)=O. The van der Waals surface area contributed by atoms with Crippen LogP contribution < -0.4 is 5.48 Å². The highest BCUT2D eigenvalue weighted by atomic mass is 32.2. The van der Waals surface area contributed by atoms with Crippen molar-refractivity contribution in [1.29, 1.82) is 0 Å². The number of carbonyl (C=O) groups excluding carboxylic acids is 1. The van der Waals surface area contributed by atoms with Crippen molar-refractivity contribution in [2.24, 2.45) is 10.8 Å². The highest BCUT2D eigenvalue weighted by Crippen LogP contribution is 2.72. The van der Waals surface area contributed by atoms with Gasteiger partial charge < -0.3 is 5.11 Å². The average Bonchev–Trinajstić information content (AvgIpc) is 3.10. The van der Waals surface area contributed by atoms with E-state index >= 15 is 0 Å². The molecule has 0 radical (unpaired) electrons. The molecule has 0 spiro atoms. The number of rotatable bonds is 6. The van der Waals surface area contributed by atoms with E-state index < -0.39 is 20.5 Å². The third-order valence-electron chi connectivity index (χ3n) is 6.92. The molecule has 9 heteroatoms. The van der Waals surface area contributed by atoms with Crippen LogP contribution >= 0.6 is 0 Å². The van der Waals surface area contributed by atoms with Crippen LogP contribution in [-0.2, 0) is 21.2 Å². The van der Waals surface area contributed by atoms with E-state index in [9.17, 15) is 18.3 Å². The number of nitrogens with one attached hydrogen (secondary N) is 1. The topological polar surface area (TPSA) is 122 Å².